The second-order valence-electron chi connectivity index (χ2n) is 4.32. The van der Waals surface area contributed by atoms with Gasteiger partial charge in [0.05, 0.1) is 5.02 Å². The smallest absolute Gasteiger partial charge is 0.298 e. The summed E-state index contributed by atoms with van der Waals surface area (Å²) in [6, 6.07) is 4.06. The van der Waals surface area contributed by atoms with Gasteiger partial charge in [-0.2, -0.15) is 4.98 Å². The Morgan fingerprint density at radius 1 is 1.22 bits per heavy atom. The standard InChI is InChI=1S/C12H13Cl2N3O/c13-8-6-9(14)11-10(7-8)16-12(18-11)17-4-1-2-15-3-5-17/h6-7,15H,1-5H2. The van der Waals surface area contributed by atoms with Gasteiger partial charge in [0.1, 0.15) is 5.52 Å². The van der Waals surface area contributed by atoms with Crippen molar-refractivity contribution in [1.29, 1.82) is 0 Å². The number of hydrogen-bond acceptors (Lipinski definition) is 4. The fourth-order valence-corrected chi connectivity index (χ4v) is 2.64. The Morgan fingerprint density at radius 3 is 3.00 bits per heavy atom. The van der Waals surface area contributed by atoms with Crippen molar-refractivity contribution >= 4 is 40.3 Å². The van der Waals surface area contributed by atoms with Crippen molar-refractivity contribution in [2.75, 3.05) is 31.1 Å². The van der Waals surface area contributed by atoms with Gasteiger partial charge < -0.3 is 14.6 Å². The normalized spacial score (nSPS) is 17.1. The van der Waals surface area contributed by atoms with Gasteiger partial charge in [-0.15, -0.1) is 0 Å². The van der Waals surface area contributed by atoms with Crippen LogP contribution in [-0.2, 0) is 0 Å². The van der Waals surface area contributed by atoms with Crippen molar-refractivity contribution < 1.29 is 4.42 Å². The molecule has 4 nitrogen and oxygen atoms in total. The summed E-state index contributed by atoms with van der Waals surface area (Å²) in [7, 11) is 0. The number of halogens is 2. The highest BCUT2D eigenvalue weighted by Gasteiger charge is 2.17. The number of benzene rings is 1. The van der Waals surface area contributed by atoms with Gasteiger partial charge in [-0.1, -0.05) is 23.2 Å². The van der Waals surface area contributed by atoms with E-state index in [1.165, 1.54) is 0 Å². The van der Waals surface area contributed by atoms with E-state index in [1.54, 1.807) is 12.1 Å². The van der Waals surface area contributed by atoms with Crippen LogP contribution in [-0.4, -0.2) is 31.2 Å². The first-order chi connectivity index (χ1) is 8.74. The Hall–Kier alpha value is -0.970. The molecular weight excluding hydrogens is 273 g/mol. The van der Waals surface area contributed by atoms with Gasteiger partial charge in [0, 0.05) is 24.7 Å². The zero-order valence-electron chi connectivity index (χ0n) is 9.75. The fraction of sp³-hybridized carbons (Fsp3) is 0.417. The molecule has 6 heteroatoms. The van der Waals surface area contributed by atoms with Crippen LogP contribution in [0.4, 0.5) is 6.01 Å². The van der Waals surface area contributed by atoms with Crippen molar-refractivity contribution in [3.05, 3.63) is 22.2 Å². The van der Waals surface area contributed by atoms with Crippen molar-refractivity contribution in [2.45, 2.75) is 6.42 Å². The number of nitrogens with zero attached hydrogens (tertiary/aromatic N) is 2. The Labute approximate surface area is 115 Å². The summed E-state index contributed by atoms with van der Waals surface area (Å²) in [5.74, 6) is 0. The van der Waals surface area contributed by atoms with E-state index in [-0.39, 0.29) is 0 Å². The number of aromatic nitrogens is 1. The highest BCUT2D eigenvalue weighted by atomic mass is 35.5. The molecule has 18 heavy (non-hydrogen) atoms. The summed E-state index contributed by atoms with van der Waals surface area (Å²) in [5, 5.41) is 4.42. The summed E-state index contributed by atoms with van der Waals surface area (Å²) in [6.45, 7) is 3.79. The van der Waals surface area contributed by atoms with Gasteiger partial charge in [-0.3, -0.25) is 0 Å². The van der Waals surface area contributed by atoms with Crippen LogP contribution >= 0.6 is 23.2 Å². The molecule has 2 heterocycles. The monoisotopic (exact) mass is 285 g/mol. The molecule has 3 rings (SSSR count). The molecule has 96 valence electrons. The van der Waals surface area contributed by atoms with Gasteiger partial charge in [-0.25, -0.2) is 0 Å². The van der Waals surface area contributed by atoms with Crippen molar-refractivity contribution in [1.82, 2.24) is 10.3 Å². The lowest BCUT2D eigenvalue weighted by molar-refractivity contribution is 0.571. The molecule has 1 aromatic heterocycles. The van der Waals surface area contributed by atoms with E-state index in [9.17, 15) is 0 Å². The summed E-state index contributed by atoms with van der Waals surface area (Å²) in [6.07, 6.45) is 1.08. The second-order valence-corrected chi connectivity index (χ2v) is 5.17. The van der Waals surface area contributed by atoms with E-state index in [4.69, 9.17) is 27.6 Å². The minimum absolute atomic E-state index is 0.504. The molecule has 0 aliphatic carbocycles. The molecule has 1 saturated heterocycles. The minimum atomic E-state index is 0.504. The van der Waals surface area contributed by atoms with E-state index in [0.717, 1.165) is 32.6 Å². The Bertz CT molecular complexity index is 562. The highest BCUT2D eigenvalue weighted by molar-refractivity contribution is 6.38. The largest absolute Gasteiger partial charge is 0.422 e. The number of oxazole rings is 1. The Kier molecular flexibility index (Phi) is 3.33. The first kappa shape index (κ1) is 12.1. The van der Waals surface area contributed by atoms with Crippen LogP contribution in [0.3, 0.4) is 0 Å². The van der Waals surface area contributed by atoms with Gasteiger partial charge in [-0.05, 0) is 25.1 Å². The molecule has 0 saturated carbocycles. The molecule has 0 unspecified atom stereocenters. The number of fused-ring (bicyclic) bond motifs is 1. The molecule has 1 aromatic carbocycles. The van der Waals surface area contributed by atoms with Gasteiger partial charge in [0.15, 0.2) is 5.58 Å². The number of nitrogens with one attached hydrogen (secondary N) is 1. The molecule has 2 aromatic rings. The first-order valence-corrected chi connectivity index (χ1v) is 6.71. The summed E-state index contributed by atoms with van der Waals surface area (Å²) >= 11 is 12.1. The number of hydrogen-bond donors (Lipinski definition) is 1. The molecule has 0 amide bonds. The van der Waals surface area contributed by atoms with Crippen LogP contribution in [0.25, 0.3) is 11.1 Å². The predicted molar refractivity (Wildman–Crippen MR) is 73.7 cm³/mol. The number of anilines is 1. The number of rotatable bonds is 1. The lowest BCUT2D eigenvalue weighted by atomic mass is 10.3. The molecule has 0 radical (unpaired) electrons. The van der Waals surface area contributed by atoms with E-state index < -0.39 is 0 Å². The molecule has 1 aliphatic rings. The van der Waals surface area contributed by atoms with Crippen LogP contribution in [0, 0.1) is 0 Å². The zero-order chi connectivity index (χ0) is 12.5. The maximum absolute atomic E-state index is 6.10. The molecule has 0 atom stereocenters. The maximum atomic E-state index is 6.10. The molecule has 0 bridgehead atoms. The van der Waals surface area contributed by atoms with Crippen LogP contribution in [0.5, 0.6) is 0 Å². The third kappa shape index (κ3) is 2.28. The van der Waals surface area contributed by atoms with Gasteiger partial charge >= 0.3 is 0 Å². The molecular formula is C12H13Cl2N3O. The maximum Gasteiger partial charge on any atom is 0.298 e. The van der Waals surface area contributed by atoms with Crippen molar-refractivity contribution in [2.24, 2.45) is 0 Å². The molecule has 1 fully saturated rings. The van der Waals surface area contributed by atoms with Crippen LogP contribution in [0.15, 0.2) is 16.5 Å². The average molecular weight is 286 g/mol. The molecule has 1 N–H and O–H groups in total. The third-order valence-electron chi connectivity index (χ3n) is 3.01. The molecule has 1 aliphatic heterocycles. The van der Waals surface area contributed by atoms with Gasteiger partial charge in [0.25, 0.3) is 6.01 Å². The SMILES string of the molecule is Clc1cc(Cl)c2oc(N3CCCNCC3)nc2c1. The summed E-state index contributed by atoms with van der Waals surface area (Å²) in [4.78, 5) is 6.59. The quantitative estimate of drug-likeness (QED) is 0.875. The second kappa shape index (κ2) is 4.96. The zero-order valence-corrected chi connectivity index (χ0v) is 11.3. The van der Waals surface area contributed by atoms with E-state index in [0.29, 0.717) is 27.2 Å². The van der Waals surface area contributed by atoms with E-state index in [2.05, 4.69) is 15.2 Å². The summed E-state index contributed by atoms with van der Waals surface area (Å²) in [5.41, 5.74) is 1.31. The Morgan fingerprint density at radius 2 is 2.11 bits per heavy atom. The summed E-state index contributed by atoms with van der Waals surface area (Å²) < 4.78 is 5.75. The van der Waals surface area contributed by atoms with Crippen LogP contribution < -0.4 is 10.2 Å². The van der Waals surface area contributed by atoms with Crippen LogP contribution in [0.2, 0.25) is 10.0 Å². The molecule has 0 spiro atoms. The average Bonchev–Trinajstić information content (AvgIpc) is 2.59. The Balaban J connectivity index is 1.99. The van der Waals surface area contributed by atoms with Gasteiger partial charge in [0.2, 0.25) is 0 Å². The van der Waals surface area contributed by atoms with Crippen LogP contribution in [0.1, 0.15) is 6.42 Å². The lowest BCUT2D eigenvalue weighted by Gasteiger charge is -2.16. The predicted octanol–water partition coefficient (Wildman–Crippen LogP) is 2.93. The van der Waals surface area contributed by atoms with E-state index in [1.807, 2.05) is 0 Å². The van der Waals surface area contributed by atoms with E-state index >= 15 is 0 Å². The highest BCUT2D eigenvalue weighted by Crippen LogP contribution is 2.31. The third-order valence-corrected chi connectivity index (χ3v) is 3.51. The van der Waals surface area contributed by atoms with Crippen molar-refractivity contribution in [3.63, 3.8) is 0 Å². The van der Waals surface area contributed by atoms with Crippen molar-refractivity contribution in [3.8, 4) is 0 Å². The topological polar surface area (TPSA) is 41.3 Å². The fourth-order valence-electron chi connectivity index (χ4n) is 2.12. The minimum Gasteiger partial charge on any atom is -0.422 e. The first-order valence-electron chi connectivity index (χ1n) is 5.95. The lowest BCUT2D eigenvalue weighted by Crippen LogP contribution is -2.27.